The average Bonchev–Trinajstić information content (AvgIpc) is 2.78. The Morgan fingerprint density at radius 2 is 1.74 bits per heavy atom. The minimum Gasteiger partial charge on any atom is -0.497 e. The second kappa shape index (κ2) is 10.1. The number of nitrogens with zero attached hydrogens (tertiary/aromatic N) is 1. The quantitative estimate of drug-likeness (QED) is 0.661. The zero-order valence-electron chi connectivity index (χ0n) is 17.6. The van der Waals surface area contributed by atoms with Gasteiger partial charge in [0, 0.05) is 12.1 Å². The third-order valence-electron chi connectivity index (χ3n) is 5.38. The van der Waals surface area contributed by atoms with Crippen molar-refractivity contribution in [1.29, 1.82) is 0 Å². The van der Waals surface area contributed by atoms with Crippen LogP contribution in [-0.4, -0.2) is 45.4 Å². The lowest BCUT2D eigenvalue weighted by atomic mass is 9.95. The lowest BCUT2D eigenvalue weighted by Gasteiger charge is -2.33. The Morgan fingerprint density at radius 3 is 2.35 bits per heavy atom. The number of carbonyl (C=O) groups excluding carboxylic acids is 1. The first kappa shape index (κ1) is 23.0. The van der Waals surface area contributed by atoms with Gasteiger partial charge >= 0.3 is 0 Å². The lowest BCUT2D eigenvalue weighted by Crippen LogP contribution is -2.45. The highest BCUT2D eigenvalue weighted by atomic mass is 32.2. The lowest BCUT2D eigenvalue weighted by molar-refractivity contribution is -0.116. The van der Waals surface area contributed by atoms with Crippen molar-refractivity contribution in [3.63, 3.8) is 0 Å². The number of ether oxygens (including phenoxy) is 2. The number of anilines is 1. The summed E-state index contributed by atoms with van der Waals surface area (Å²) in [6, 6.07) is 9.33. The molecule has 1 aliphatic carbocycles. The van der Waals surface area contributed by atoms with E-state index in [0.29, 0.717) is 30.0 Å². The Balaban J connectivity index is 1.87. The van der Waals surface area contributed by atoms with Crippen LogP contribution in [0.25, 0.3) is 0 Å². The molecule has 2 aromatic carbocycles. The van der Waals surface area contributed by atoms with Gasteiger partial charge in [-0.3, -0.25) is 4.79 Å². The molecule has 0 radical (unpaired) electrons. The zero-order chi connectivity index (χ0) is 22.4. The smallest absolute Gasteiger partial charge is 0.243 e. The fourth-order valence-electron chi connectivity index (χ4n) is 3.76. The van der Waals surface area contributed by atoms with Crippen molar-refractivity contribution in [2.45, 2.75) is 43.0 Å². The molecule has 9 heteroatoms. The molecule has 31 heavy (non-hydrogen) atoms. The summed E-state index contributed by atoms with van der Waals surface area (Å²) in [5.41, 5.74) is 0.384. The van der Waals surface area contributed by atoms with Crippen molar-refractivity contribution in [2.75, 3.05) is 26.1 Å². The molecule has 1 N–H and O–H groups in total. The Bertz CT molecular complexity index is 1010. The predicted molar refractivity (Wildman–Crippen MR) is 115 cm³/mol. The van der Waals surface area contributed by atoms with Gasteiger partial charge in [0.25, 0.3) is 0 Å². The second-order valence-corrected chi connectivity index (χ2v) is 9.30. The van der Waals surface area contributed by atoms with E-state index in [0.717, 1.165) is 31.4 Å². The number of halogens is 1. The van der Waals surface area contributed by atoms with E-state index in [9.17, 15) is 17.6 Å². The molecule has 0 saturated heterocycles. The van der Waals surface area contributed by atoms with Crippen LogP contribution in [0.3, 0.4) is 0 Å². The molecule has 168 valence electrons. The van der Waals surface area contributed by atoms with E-state index in [-0.39, 0.29) is 17.5 Å². The van der Waals surface area contributed by atoms with Gasteiger partial charge in [-0.15, -0.1) is 0 Å². The van der Waals surface area contributed by atoms with Crippen LogP contribution in [0.2, 0.25) is 0 Å². The van der Waals surface area contributed by atoms with Crippen molar-refractivity contribution in [3.05, 3.63) is 48.3 Å². The number of carbonyl (C=O) groups is 1. The van der Waals surface area contributed by atoms with Crippen LogP contribution in [0.15, 0.2) is 47.4 Å². The Kier molecular flexibility index (Phi) is 7.50. The fraction of sp³-hybridized carbons (Fsp3) is 0.409. The normalized spacial score (nSPS) is 15.0. The maximum absolute atomic E-state index is 13.3. The molecule has 0 aliphatic heterocycles. The van der Waals surface area contributed by atoms with Crippen LogP contribution in [0.5, 0.6) is 11.5 Å². The molecule has 2 aromatic rings. The van der Waals surface area contributed by atoms with Gasteiger partial charge in [0.2, 0.25) is 15.9 Å². The van der Waals surface area contributed by atoms with Gasteiger partial charge < -0.3 is 14.8 Å². The van der Waals surface area contributed by atoms with Gasteiger partial charge in [0.05, 0.1) is 31.3 Å². The van der Waals surface area contributed by atoms with Gasteiger partial charge in [-0.25, -0.2) is 12.8 Å². The maximum atomic E-state index is 13.3. The fourth-order valence-corrected chi connectivity index (χ4v) is 5.41. The average molecular weight is 451 g/mol. The molecule has 1 amide bonds. The predicted octanol–water partition coefficient (Wildman–Crippen LogP) is 3.81. The second-order valence-electron chi connectivity index (χ2n) is 7.41. The first-order valence-corrected chi connectivity index (χ1v) is 11.6. The largest absolute Gasteiger partial charge is 0.497 e. The molecule has 3 rings (SSSR count). The molecule has 7 nitrogen and oxygen atoms in total. The van der Waals surface area contributed by atoms with Crippen LogP contribution in [0.1, 0.15) is 32.1 Å². The van der Waals surface area contributed by atoms with Crippen LogP contribution >= 0.6 is 0 Å². The summed E-state index contributed by atoms with van der Waals surface area (Å²) in [6.07, 6.45) is 4.18. The number of methoxy groups -OCH3 is 2. The van der Waals surface area contributed by atoms with E-state index in [1.54, 1.807) is 18.2 Å². The summed E-state index contributed by atoms with van der Waals surface area (Å²) < 4.78 is 51.7. The molecule has 1 saturated carbocycles. The highest BCUT2D eigenvalue weighted by Gasteiger charge is 2.34. The Morgan fingerprint density at radius 1 is 1.06 bits per heavy atom. The van der Waals surface area contributed by atoms with E-state index < -0.39 is 21.7 Å². The first-order chi connectivity index (χ1) is 14.8. The summed E-state index contributed by atoms with van der Waals surface area (Å²) in [4.78, 5) is 12.9. The molecule has 0 spiro atoms. The molecule has 0 aromatic heterocycles. The summed E-state index contributed by atoms with van der Waals surface area (Å²) >= 11 is 0. The molecular weight excluding hydrogens is 423 g/mol. The maximum Gasteiger partial charge on any atom is 0.243 e. The number of hydrogen-bond donors (Lipinski definition) is 1. The van der Waals surface area contributed by atoms with Gasteiger partial charge in [-0.1, -0.05) is 19.3 Å². The monoisotopic (exact) mass is 450 g/mol. The number of amides is 1. The van der Waals surface area contributed by atoms with E-state index >= 15 is 0 Å². The van der Waals surface area contributed by atoms with Gasteiger partial charge in [0.1, 0.15) is 17.3 Å². The highest BCUT2D eigenvalue weighted by Crippen LogP contribution is 2.30. The molecule has 0 atom stereocenters. The van der Waals surface area contributed by atoms with E-state index in [1.165, 1.54) is 30.7 Å². The Hall–Kier alpha value is -2.65. The minimum atomic E-state index is -3.98. The molecule has 0 unspecified atom stereocenters. The van der Waals surface area contributed by atoms with Crippen molar-refractivity contribution < 1.29 is 27.1 Å². The number of rotatable bonds is 8. The number of hydrogen-bond acceptors (Lipinski definition) is 5. The summed E-state index contributed by atoms with van der Waals surface area (Å²) in [7, 11) is -0.999. The van der Waals surface area contributed by atoms with Crippen LogP contribution in [0, 0.1) is 5.82 Å². The summed E-state index contributed by atoms with van der Waals surface area (Å²) in [5, 5.41) is 2.73. The molecule has 0 heterocycles. The van der Waals surface area contributed by atoms with Gasteiger partial charge in [-0.2, -0.15) is 4.31 Å². The third-order valence-corrected chi connectivity index (χ3v) is 7.29. The van der Waals surface area contributed by atoms with Crippen molar-refractivity contribution in [3.8, 4) is 11.5 Å². The van der Waals surface area contributed by atoms with E-state index in [1.807, 2.05) is 0 Å². The number of sulfonamides is 1. The standard InChI is InChI=1S/C22H27FN2O5S/c1-29-18-10-13-21(30-2)20(14-18)24-22(26)15-25(17-6-4-3-5-7-17)31(27,28)19-11-8-16(23)9-12-19/h8-14,17H,3-7,15H2,1-2H3,(H,24,26). The zero-order valence-corrected chi connectivity index (χ0v) is 18.5. The topological polar surface area (TPSA) is 84.9 Å². The van der Waals surface area contributed by atoms with Crippen molar-refractivity contribution in [1.82, 2.24) is 4.31 Å². The molecule has 0 bridgehead atoms. The highest BCUT2D eigenvalue weighted by molar-refractivity contribution is 7.89. The number of benzene rings is 2. The molecular formula is C22H27FN2O5S. The summed E-state index contributed by atoms with van der Waals surface area (Å²) in [5.74, 6) is -0.0622. The SMILES string of the molecule is COc1ccc(OC)c(NC(=O)CN(C2CCCCC2)S(=O)(=O)c2ccc(F)cc2)c1. The van der Waals surface area contributed by atoms with E-state index in [2.05, 4.69) is 5.32 Å². The number of nitrogens with one attached hydrogen (secondary N) is 1. The first-order valence-electron chi connectivity index (χ1n) is 10.1. The van der Waals surface area contributed by atoms with Gasteiger partial charge in [-0.05, 0) is 49.2 Å². The third kappa shape index (κ3) is 5.54. The molecule has 1 aliphatic rings. The Labute approximate surface area is 182 Å². The van der Waals surface area contributed by atoms with Crippen LogP contribution in [0.4, 0.5) is 10.1 Å². The van der Waals surface area contributed by atoms with Gasteiger partial charge in [0.15, 0.2) is 0 Å². The summed E-state index contributed by atoms with van der Waals surface area (Å²) in [6.45, 7) is -0.356. The van der Waals surface area contributed by atoms with Crippen molar-refractivity contribution >= 4 is 21.6 Å². The van der Waals surface area contributed by atoms with Crippen LogP contribution in [-0.2, 0) is 14.8 Å². The minimum absolute atomic E-state index is 0.0359. The van der Waals surface area contributed by atoms with Crippen molar-refractivity contribution in [2.24, 2.45) is 0 Å². The molecule has 1 fully saturated rings. The van der Waals surface area contributed by atoms with E-state index in [4.69, 9.17) is 9.47 Å². The van der Waals surface area contributed by atoms with Crippen LogP contribution < -0.4 is 14.8 Å².